The Balaban J connectivity index is 2.01. The van der Waals surface area contributed by atoms with E-state index >= 15 is 0 Å². The van der Waals surface area contributed by atoms with Crippen molar-refractivity contribution in [2.24, 2.45) is 15.9 Å². The van der Waals surface area contributed by atoms with E-state index in [2.05, 4.69) is 44.9 Å². The fraction of sp³-hybridized carbons (Fsp3) is 0.222. The molecule has 0 bridgehead atoms. The maximum Gasteiger partial charge on any atom is 0.180 e. The van der Waals surface area contributed by atoms with E-state index in [0.717, 1.165) is 20.6 Å². The smallest absolute Gasteiger partial charge is 0.180 e. The van der Waals surface area contributed by atoms with Crippen molar-refractivity contribution in [3.05, 3.63) is 57.2 Å². The summed E-state index contributed by atoms with van der Waals surface area (Å²) in [5.41, 5.74) is 7.95. The van der Waals surface area contributed by atoms with Gasteiger partial charge in [-0.15, -0.1) is 5.10 Å². The van der Waals surface area contributed by atoms with Gasteiger partial charge in [0.1, 0.15) is 0 Å². The highest BCUT2D eigenvalue weighted by molar-refractivity contribution is 14.1. The van der Waals surface area contributed by atoms with Gasteiger partial charge in [-0.25, -0.2) is 0 Å². The number of amidine groups is 1. The topological polar surface area (TPSA) is 69.2 Å². The summed E-state index contributed by atoms with van der Waals surface area (Å²) in [6.45, 7) is 2.52. The molecular weight excluding hydrogens is 449 g/mol. The molecular formula is C18H20IN3O2S. The van der Waals surface area contributed by atoms with Crippen LogP contribution in [0.5, 0.6) is 11.5 Å². The standard InChI is InChI=1S/C18H20IN3O2S/c1-3-24-17-15(19)9-14(10-16(17)23-2)11-21-22-18(20)25-12-13-7-5-4-6-8-13/h4-11H,3,12H2,1-2H3,(H2,20,22). The van der Waals surface area contributed by atoms with Crippen LogP contribution in [0.25, 0.3) is 0 Å². The summed E-state index contributed by atoms with van der Waals surface area (Å²) >= 11 is 3.66. The van der Waals surface area contributed by atoms with Crippen LogP contribution < -0.4 is 15.2 Å². The minimum Gasteiger partial charge on any atom is -0.493 e. The molecule has 0 aromatic heterocycles. The zero-order valence-corrected chi connectivity index (χ0v) is 17.1. The van der Waals surface area contributed by atoms with E-state index in [1.54, 1.807) is 13.3 Å². The van der Waals surface area contributed by atoms with Gasteiger partial charge in [-0.1, -0.05) is 42.1 Å². The van der Waals surface area contributed by atoms with Crippen LogP contribution in [0.3, 0.4) is 0 Å². The van der Waals surface area contributed by atoms with Gasteiger partial charge in [0.15, 0.2) is 16.7 Å². The van der Waals surface area contributed by atoms with Crippen molar-refractivity contribution in [2.75, 3.05) is 13.7 Å². The first-order chi connectivity index (χ1) is 12.1. The van der Waals surface area contributed by atoms with Crippen molar-refractivity contribution in [1.29, 1.82) is 0 Å². The van der Waals surface area contributed by atoms with Gasteiger partial charge in [-0.3, -0.25) is 0 Å². The number of nitrogens with zero attached hydrogens (tertiary/aromatic N) is 2. The second-order valence-electron chi connectivity index (χ2n) is 4.92. The highest BCUT2D eigenvalue weighted by atomic mass is 127. The van der Waals surface area contributed by atoms with Crippen LogP contribution in [0, 0.1) is 3.57 Å². The Bertz CT molecular complexity index is 751. The molecule has 0 atom stereocenters. The molecule has 0 saturated carbocycles. The second-order valence-corrected chi connectivity index (χ2v) is 7.08. The molecule has 0 aliphatic carbocycles. The van der Waals surface area contributed by atoms with E-state index in [1.165, 1.54) is 17.3 Å². The van der Waals surface area contributed by atoms with E-state index in [0.29, 0.717) is 17.5 Å². The van der Waals surface area contributed by atoms with Crippen LogP contribution in [0.2, 0.25) is 0 Å². The van der Waals surface area contributed by atoms with Gasteiger partial charge in [0.2, 0.25) is 0 Å². The molecule has 2 N–H and O–H groups in total. The summed E-state index contributed by atoms with van der Waals surface area (Å²) in [4.78, 5) is 0. The van der Waals surface area contributed by atoms with Gasteiger partial charge in [0.05, 0.1) is 23.5 Å². The van der Waals surface area contributed by atoms with Crippen molar-refractivity contribution >= 4 is 45.7 Å². The highest BCUT2D eigenvalue weighted by Crippen LogP contribution is 2.33. The largest absolute Gasteiger partial charge is 0.493 e. The molecule has 0 spiro atoms. The molecule has 25 heavy (non-hydrogen) atoms. The first-order valence-corrected chi connectivity index (χ1v) is 9.74. The fourth-order valence-corrected chi connectivity index (χ4v) is 3.40. The van der Waals surface area contributed by atoms with Crippen molar-refractivity contribution in [2.45, 2.75) is 12.7 Å². The molecule has 2 aromatic rings. The Morgan fingerprint density at radius 1 is 1.28 bits per heavy atom. The number of ether oxygens (including phenoxy) is 2. The number of methoxy groups -OCH3 is 1. The maximum atomic E-state index is 5.89. The number of nitrogens with two attached hydrogens (primary N) is 1. The van der Waals surface area contributed by atoms with Crippen molar-refractivity contribution in [1.82, 2.24) is 0 Å². The third kappa shape index (κ3) is 6.24. The zero-order chi connectivity index (χ0) is 18.1. The Morgan fingerprint density at radius 3 is 2.72 bits per heavy atom. The van der Waals surface area contributed by atoms with Gasteiger partial charge < -0.3 is 15.2 Å². The number of hydrogen-bond donors (Lipinski definition) is 1. The lowest BCUT2D eigenvalue weighted by atomic mass is 10.2. The highest BCUT2D eigenvalue weighted by Gasteiger charge is 2.10. The molecule has 0 aliphatic rings. The Kier molecular flexibility index (Phi) is 8.07. The molecule has 2 rings (SSSR count). The lowest BCUT2D eigenvalue weighted by Crippen LogP contribution is -2.06. The maximum absolute atomic E-state index is 5.89. The Labute approximate surface area is 165 Å². The molecule has 0 aliphatic heterocycles. The number of halogens is 1. The van der Waals surface area contributed by atoms with Crippen molar-refractivity contribution in [3.63, 3.8) is 0 Å². The first kappa shape index (κ1) is 19.6. The molecule has 2 aromatic carbocycles. The first-order valence-electron chi connectivity index (χ1n) is 7.67. The minimum atomic E-state index is 0.424. The summed E-state index contributed by atoms with van der Waals surface area (Å²) in [6, 6.07) is 13.9. The van der Waals surface area contributed by atoms with Gasteiger partial charge in [-0.05, 0) is 52.8 Å². The van der Waals surface area contributed by atoms with Crippen LogP contribution in [0.15, 0.2) is 52.7 Å². The summed E-state index contributed by atoms with van der Waals surface area (Å²) < 4.78 is 11.9. The molecule has 7 heteroatoms. The van der Waals surface area contributed by atoms with Gasteiger partial charge in [0.25, 0.3) is 0 Å². The summed E-state index contributed by atoms with van der Waals surface area (Å²) in [6.07, 6.45) is 1.65. The molecule has 0 heterocycles. The van der Waals surface area contributed by atoms with E-state index in [1.807, 2.05) is 37.3 Å². The van der Waals surface area contributed by atoms with Crippen LogP contribution in [-0.2, 0) is 5.75 Å². The molecule has 5 nitrogen and oxygen atoms in total. The van der Waals surface area contributed by atoms with E-state index in [9.17, 15) is 0 Å². The molecule has 0 radical (unpaired) electrons. The minimum absolute atomic E-state index is 0.424. The average Bonchev–Trinajstić information content (AvgIpc) is 2.63. The van der Waals surface area contributed by atoms with Gasteiger partial charge in [0, 0.05) is 5.75 Å². The third-order valence-electron chi connectivity index (χ3n) is 3.13. The van der Waals surface area contributed by atoms with E-state index in [4.69, 9.17) is 15.2 Å². The van der Waals surface area contributed by atoms with E-state index in [-0.39, 0.29) is 0 Å². The molecule has 0 unspecified atom stereocenters. The van der Waals surface area contributed by atoms with Gasteiger partial charge >= 0.3 is 0 Å². The molecule has 0 amide bonds. The quantitative estimate of drug-likeness (QED) is 0.285. The van der Waals surface area contributed by atoms with Crippen LogP contribution in [-0.4, -0.2) is 25.1 Å². The predicted octanol–water partition coefficient (Wildman–Crippen LogP) is 4.28. The molecule has 132 valence electrons. The van der Waals surface area contributed by atoms with Crippen LogP contribution >= 0.6 is 34.4 Å². The predicted molar refractivity (Wildman–Crippen MR) is 114 cm³/mol. The number of hydrogen-bond acceptors (Lipinski definition) is 5. The fourth-order valence-electron chi connectivity index (χ4n) is 2.01. The normalized spacial score (nSPS) is 11.7. The van der Waals surface area contributed by atoms with E-state index < -0.39 is 0 Å². The zero-order valence-electron chi connectivity index (χ0n) is 14.1. The van der Waals surface area contributed by atoms with Gasteiger partial charge in [-0.2, -0.15) is 5.10 Å². The van der Waals surface area contributed by atoms with Crippen molar-refractivity contribution < 1.29 is 9.47 Å². The Morgan fingerprint density at radius 2 is 2.04 bits per heavy atom. The molecule has 0 saturated heterocycles. The second kappa shape index (κ2) is 10.3. The number of thioether (sulfide) groups is 1. The monoisotopic (exact) mass is 469 g/mol. The average molecular weight is 469 g/mol. The lowest BCUT2D eigenvalue weighted by Gasteiger charge is -2.11. The summed E-state index contributed by atoms with van der Waals surface area (Å²) in [5.74, 6) is 2.18. The van der Waals surface area contributed by atoms with Crippen LogP contribution in [0.4, 0.5) is 0 Å². The van der Waals surface area contributed by atoms with Crippen LogP contribution in [0.1, 0.15) is 18.1 Å². The Hall–Kier alpha value is -1.74. The molecule has 0 fully saturated rings. The van der Waals surface area contributed by atoms with Crippen molar-refractivity contribution in [3.8, 4) is 11.5 Å². The summed E-state index contributed by atoms with van der Waals surface area (Å²) in [7, 11) is 1.62. The number of benzene rings is 2. The summed E-state index contributed by atoms with van der Waals surface area (Å²) in [5, 5.41) is 8.52. The number of rotatable bonds is 7. The SMILES string of the molecule is CCOc1c(I)cc(C=NN=C(N)SCc2ccccc2)cc1OC. The lowest BCUT2D eigenvalue weighted by molar-refractivity contribution is 0.308. The third-order valence-corrected chi connectivity index (χ3v) is 4.79.